The SMILES string of the molecule is CCC1CN(Cc2cc(C(CC(=O)O)c3ccc4c(nnn4C)c3C)ccc2C)Cc2ccc(F)cc2O1. The monoisotopic (exact) mass is 516 g/mol. The summed E-state index contributed by atoms with van der Waals surface area (Å²) in [4.78, 5) is 14.3. The second-order valence-electron chi connectivity index (χ2n) is 10.3. The van der Waals surface area contributed by atoms with Crippen LogP contribution in [-0.2, 0) is 24.9 Å². The molecule has 198 valence electrons. The molecule has 7 nitrogen and oxygen atoms in total. The lowest BCUT2D eigenvalue weighted by atomic mass is 9.84. The zero-order valence-corrected chi connectivity index (χ0v) is 22.2. The van der Waals surface area contributed by atoms with Gasteiger partial charge in [0.05, 0.1) is 11.9 Å². The number of aryl methyl sites for hydroxylation is 3. The molecule has 0 aliphatic carbocycles. The number of rotatable bonds is 7. The lowest BCUT2D eigenvalue weighted by molar-refractivity contribution is -0.137. The maximum absolute atomic E-state index is 13.9. The molecule has 0 saturated heterocycles. The Hall–Kier alpha value is -3.78. The first-order chi connectivity index (χ1) is 18.2. The Morgan fingerprint density at radius 1 is 1.18 bits per heavy atom. The molecule has 1 aliphatic heterocycles. The van der Waals surface area contributed by atoms with Crippen LogP contribution >= 0.6 is 0 Å². The summed E-state index contributed by atoms with van der Waals surface area (Å²) in [7, 11) is 1.85. The van der Waals surface area contributed by atoms with Crippen molar-refractivity contribution in [3.63, 3.8) is 0 Å². The van der Waals surface area contributed by atoms with Gasteiger partial charge in [0.25, 0.3) is 0 Å². The van der Waals surface area contributed by atoms with Crippen LogP contribution in [0.25, 0.3) is 11.0 Å². The van der Waals surface area contributed by atoms with Gasteiger partial charge in [-0.3, -0.25) is 9.69 Å². The van der Waals surface area contributed by atoms with Crippen LogP contribution in [0, 0.1) is 19.7 Å². The summed E-state index contributed by atoms with van der Waals surface area (Å²) < 4.78 is 21.7. The highest BCUT2D eigenvalue weighted by Crippen LogP contribution is 2.35. The summed E-state index contributed by atoms with van der Waals surface area (Å²) in [5.74, 6) is -0.857. The Balaban J connectivity index is 1.49. The molecule has 2 unspecified atom stereocenters. The minimum absolute atomic E-state index is 0.0243. The minimum atomic E-state index is -0.852. The number of hydrogen-bond donors (Lipinski definition) is 1. The zero-order chi connectivity index (χ0) is 27.0. The molecular weight excluding hydrogens is 483 g/mol. The number of carbonyl (C=O) groups is 1. The molecule has 0 radical (unpaired) electrons. The lowest BCUT2D eigenvalue weighted by Crippen LogP contribution is -2.32. The number of carboxylic acids is 1. The number of aliphatic carboxylic acids is 1. The molecule has 8 heteroatoms. The van der Waals surface area contributed by atoms with Crippen LogP contribution in [0.15, 0.2) is 48.5 Å². The van der Waals surface area contributed by atoms with Gasteiger partial charge in [0, 0.05) is 44.2 Å². The number of hydrogen-bond acceptors (Lipinski definition) is 5. The largest absolute Gasteiger partial charge is 0.489 e. The smallest absolute Gasteiger partial charge is 0.304 e. The van der Waals surface area contributed by atoms with Gasteiger partial charge in [-0.25, -0.2) is 9.07 Å². The first kappa shape index (κ1) is 25.9. The molecule has 1 aliphatic rings. The lowest BCUT2D eigenvalue weighted by Gasteiger charge is -2.25. The van der Waals surface area contributed by atoms with Crippen molar-refractivity contribution in [3.05, 3.63) is 87.7 Å². The molecular formula is C30H33FN4O3. The summed E-state index contributed by atoms with van der Waals surface area (Å²) >= 11 is 0. The predicted octanol–water partition coefficient (Wildman–Crippen LogP) is 5.50. The van der Waals surface area contributed by atoms with Crippen LogP contribution in [0.3, 0.4) is 0 Å². The Kier molecular flexibility index (Phi) is 7.17. The van der Waals surface area contributed by atoms with E-state index in [1.54, 1.807) is 10.7 Å². The molecule has 3 aromatic carbocycles. The molecule has 5 rings (SSSR count). The third-order valence-corrected chi connectivity index (χ3v) is 7.64. The highest BCUT2D eigenvalue weighted by molar-refractivity contribution is 5.80. The van der Waals surface area contributed by atoms with E-state index in [1.165, 1.54) is 12.1 Å². The standard InChI is InChI=1S/C30H33FN4O3/c1-5-24-17-35(15-21-8-9-23(31)13-28(21)38-24)16-22-12-20(7-6-18(22)2)26(14-29(36)37)25-10-11-27-30(19(25)3)32-33-34(27)4/h6-13,24,26H,5,14-17H2,1-4H3,(H,36,37). The topological polar surface area (TPSA) is 80.5 Å². The maximum Gasteiger partial charge on any atom is 0.304 e. The van der Waals surface area contributed by atoms with Gasteiger partial charge in [-0.2, -0.15) is 0 Å². The fourth-order valence-electron chi connectivity index (χ4n) is 5.44. The normalized spacial score (nSPS) is 16.6. The number of carboxylic acid groups (broad SMARTS) is 1. The van der Waals surface area contributed by atoms with Crippen molar-refractivity contribution in [2.75, 3.05) is 6.54 Å². The Morgan fingerprint density at radius 3 is 2.76 bits per heavy atom. The van der Waals surface area contributed by atoms with Crippen LogP contribution in [0.5, 0.6) is 5.75 Å². The second kappa shape index (κ2) is 10.5. The van der Waals surface area contributed by atoms with Gasteiger partial charge in [0.2, 0.25) is 0 Å². The molecule has 0 fully saturated rings. The highest BCUT2D eigenvalue weighted by Gasteiger charge is 2.25. The fourth-order valence-corrected chi connectivity index (χ4v) is 5.44. The van der Waals surface area contributed by atoms with Gasteiger partial charge in [0.15, 0.2) is 0 Å². The summed E-state index contributed by atoms with van der Waals surface area (Å²) in [6.45, 7) is 8.19. The summed E-state index contributed by atoms with van der Waals surface area (Å²) in [5, 5.41) is 18.3. The summed E-state index contributed by atoms with van der Waals surface area (Å²) in [5.41, 5.74) is 7.80. The molecule has 0 amide bonds. The first-order valence-electron chi connectivity index (χ1n) is 13.0. The third kappa shape index (κ3) is 5.13. The van der Waals surface area contributed by atoms with Crippen molar-refractivity contribution in [1.29, 1.82) is 0 Å². The van der Waals surface area contributed by atoms with Gasteiger partial charge in [-0.05, 0) is 60.2 Å². The third-order valence-electron chi connectivity index (χ3n) is 7.64. The van der Waals surface area contributed by atoms with Gasteiger partial charge in [-0.15, -0.1) is 5.10 Å². The van der Waals surface area contributed by atoms with E-state index in [1.807, 2.05) is 32.2 Å². The summed E-state index contributed by atoms with van der Waals surface area (Å²) in [6, 6.07) is 15.0. The van der Waals surface area contributed by atoms with Crippen molar-refractivity contribution >= 4 is 17.0 Å². The van der Waals surface area contributed by atoms with E-state index >= 15 is 0 Å². The van der Waals surface area contributed by atoms with E-state index in [4.69, 9.17) is 4.74 Å². The molecule has 0 bridgehead atoms. The van der Waals surface area contributed by atoms with Gasteiger partial charge in [-0.1, -0.05) is 42.5 Å². The second-order valence-corrected chi connectivity index (χ2v) is 10.3. The molecule has 4 aromatic rings. The van der Waals surface area contributed by atoms with Crippen LogP contribution in [0.2, 0.25) is 0 Å². The van der Waals surface area contributed by atoms with Crippen molar-refractivity contribution in [2.45, 2.75) is 58.7 Å². The van der Waals surface area contributed by atoms with Crippen molar-refractivity contribution in [2.24, 2.45) is 7.05 Å². The number of aromatic nitrogens is 3. The average molecular weight is 517 g/mol. The van der Waals surface area contributed by atoms with E-state index < -0.39 is 5.97 Å². The van der Waals surface area contributed by atoms with Gasteiger partial charge in [0.1, 0.15) is 23.2 Å². The molecule has 0 spiro atoms. The van der Waals surface area contributed by atoms with Crippen molar-refractivity contribution in [3.8, 4) is 5.75 Å². The predicted molar refractivity (Wildman–Crippen MR) is 144 cm³/mol. The number of fused-ring (bicyclic) bond motifs is 2. The van der Waals surface area contributed by atoms with E-state index in [0.717, 1.165) is 57.4 Å². The molecule has 0 saturated carbocycles. The highest BCUT2D eigenvalue weighted by atomic mass is 19.1. The van der Waals surface area contributed by atoms with E-state index in [2.05, 4.69) is 41.2 Å². The van der Waals surface area contributed by atoms with E-state index in [-0.39, 0.29) is 24.3 Å². The van der Waals surface area contributed by atoms with Crippen LogP contribution in [0.1, 0.15) is 59.1 Å². The van der Waals surface area contributed by atoms with E-state index in [9.17, 15) is 14.3 Å². The molecule has 38 heavy (non-hydrogen) atoms. The average Bonchev–Trinajstić information content (AvgIpc) is 3.17. The Bertz CT molecular complexity index is 1500. The molecule has 2 atom stereocenters. The summed E-state index contributed by atoms with van der Waals surface area (Å²) in [6.07, 6.45) is 0.752. The van der Waals surface area contributed by atoms with Crippen LogP contribution in [0.4, 0.5) is 4.39 Å². The van der Waals surface area contributed by atoms with Crippen molar-refractivity contribution < 1.29 is 19.0 Å². The van der Waals surface area contributed by atoms with Crippen molar-refractivity contribution in [1.82, 2.24) is 19.9 Å². The zero-order valence-electron chi connectivity index (χ0n) is 22.2. The van der Waals surface area contributed by atoms with E-state index in [0.29, 0.717) is 18.8 Å². The number of ether oxygens (including phenoxy) is 1. The Morgan fingerprint density at radius 2 is 2.00 bits per heavy atom. The quantitative estimate of drug-likeness (QED) is 0.349. The fraction of sp³-hybridized carbons (Fsp3) is 0.367. The first-order valence-corrected chi connectivity index (χ1v) is 13.0. The number of nitrogens with zero attached hydrogens (tertiary/aromatic N) is 4. The molecule has 1 aromatic heterocycles. The molecule has 1 N–H and O–H groups in total. The Labute approximate surface area is 221 Å². The van der Waals surface area contributed by atoms with Gasteiger partial charge >= 0.3 is 5.97 Å². The number of benzene rings is 3. The maximum atomic E-state index is 13.9. The minimum Gasteiger partial charge on any atom is -0.489 e. The van der Waals surface area contributed by atoms with Crippen LogP contribution < -0.4 is 4.74 Å². The molecule has 2 heterocycles. The van der Waals surface area contributed by atoms with Crippen LogP contribution in [-0.4, -0.2) is 43.6 Å². The number of halogens is 1. The van der Waals surface area contributed by atoms with Gasteiger partial charge < -0.3 is 9.84 Å².